The second-order valence-corrected chi connectivity index (χ2v) is 10.2. The van der Waals surface area contributed by atoms with E-state index in [9.17, 15) is 61.0 Å². The van der Waals surface area contributed by atoms with Crippen molar-refractivity contribution in [1.29, 1.82) is 0 Å². The molecule has 44 heavy (non-hydrogen) atoms. The van der Waals surface area contributed by atoms with Crippen LogP contribution in [0.1, 0.15) is 0 Å². The highest BCUT2D eigenvalue weighted by Crippen LogP contribution is 2.51. The van der Waals surface area contributed by atoms with Crippen LogP contribution in [0.25, 0.3) is 22.3 Å². The molecule has 2 aromatic carbocycles. The number of rotatable bonds is 7. The van der Waals surface area contributed by atoms with Gasteiger partial charge in [0.1, 0.15) is 65.7 Å². The van der Waals surface area contributed by atoms with Crippen molar-refractivity contribution in [3.8, 4) is 40.1 Å². The van der Waals surface area contributed by atoms with Crippen molar-refractivity contribution in [2.24, 2.45) is 0 Å². The van der Waals surface area contributed by atoms with Crippen LogP contribution in [-0.4, -0.2) is 131 Å². The normalized spacial score (nSPS) is 32.5. The fourth-order valence-electron chi connectivity index (χ4n) is 4.86. The number of aliphatic hydroxyl groups is 8. The molecule has 17 nitrogen and oxygen atoms in total. The summed E-state index contributed by atoms with van der Waals surface area (Å²) in [5.74, 6) is -4.28. The maximum Gasteiger partial charge on any atom is 0.229 e. The van der Waals surface area contributed by atoms with Crippen molar-refractivity contribution < 1.29 is 79.5 Å². The predicted octanol–water partition coefficient (Wildman–Crippen LogP) is -3.07. The molecule has 0 amide bonds. The Morgan fingerprint density at radius 2 is 1.16 bits per heavy atom. The van der Waals surface area contributed by atoms with E-state index in [4.69, 9.17) is 23.4 Å². The molecule has 3 heterocycles. The minimum atomic E-state index is -2.01. The number of benzene rings is 2. The zero-order valence-electron chi connectivity index (χ0n) is 22.4. The van der Waals surface area contributed by atoms with Crippen LogP contribution in [0.3, 0.4) is 0 Å². The zero-order chi connectivity index (χ0) is 32.0. The lowest BCUT2D eigenvalue weighted by atomic mass is 9.99. The summed E-state index contributed by atoms with van der Waals surface area (Å²) in [7, 11) is 0. The van der Waals surface area contributed by atoms with Gasteiger partial charge in [-0.15, -0.1) is 0 Å². The summed E-state index contributed by atoms with van der Waals surface area (Å²) in [5, 5.41) is 112. The molecule has 3 aromatic rings. The minimum Gasteiger partial charge on any atom is -0.508 e. The first-order valence-electron chi connectivity index (χ1n) is 13.2. The maximum atomic E-state index is 13.3. The van der Waals surface area contributed by atoms with Gasteiger partial charge in [-0.05, 0) is 24.3 Å². The molecule has 2 saturated heterocycles. The summed E-state index contributed by atoms with van der Waals surface area (Å²) < 4.78 is 27.5. The Morgan fingerprint density at radius 1 is 0.659 bits per heavy atom. The van der Waals surface area contributed by atoms with Crippen molar-refractivity contribution in [2.45, 2.75) is 61.4 Å². The van der Waals surface area contributed by atoms with Gasteiger partial charge in [0.15, 0.2) is 16.8 Å². The van der Waals surface area contributed by atoms with E-state index >= 15 is 0 Å². The van der Waals surface area contributed by atoms with Gasteiger partial charge < -0.3 is 79.5 Å². The highest BCUT2D eigenvalue weighted by atomic mass is 16.7. The second kappa shape index (κ2) is 12.3. The largest absolute Gasteiger partial charge is 0.508 e. The van der Waals surface area contributed by atoms with Gasteiger partial charge in [-0.25, -0.2) is 0 Å². The molecule has 1 aromatic heterocycles. The Kier molecular flexibility index (Phi) is 8.87. The lowest BCUT2D eigenvalue weighted by Crippen LogP contribution is -2.60. The highest BCUT2D eigenvalue weighted by molar-refractivity contribution is 5.95. The van der Waals surface area contributed by atoms with Gasteiger partial charge in [-0.3, -0.25) is 4.79 Å². The molecule has 17 heteroatoms. The van der Waals surface area contributed by atoms with Crippen molar-refractivity contribution in [2.75, 3.05) is 13.2 Å². The van der Waals surface area contributed by atoms with Gasteiger partial charge in [0.05, 0.1) is 13.2 Å². The van der Waals surface area contributed by atoms with Gasteiger partial charge in [-0.2, -0.15) is 0 Å². The fraction of sp³-hybridized carbons (Fsp3) is 0.444. The summed E-state index contributed by atoms with van der Waals surface area (Å²) in [5.41, 5.74) is -1.33. The van der Waals surface area contributed by atoms with Crippen LogP contribution < -0.4 is 14.9 Å². The first-order chi connectivity index (χ1) is 20.9. The third kappa shape index (κ3) is 5.50. The van der Waals surface area contributed by atoms with Crippen LogP contribution in [0.5, 0.6) is 28.7 Å². The van der Waals surface area contributed by atoms with E-state index in [-0.39, 0.29) is 17.1 Å². The molecule has 0 bridgehead atoms. The third-order valence-electron chi connectivity index (χ3n) is 7.35. The van der Waals surface area contributed by atoms with Crippen LogP contribution >= 0.6 is 0 Å². The number of phenolic OH excluding ortho intramolecular Hbond substituents is 3. The minimum absolute atomic E-state index is 0.103. The van der Waals surface area contributed by atoms with Crippen molar-refractivity contribution >= 4 is 11.0 Å². The molecule has 240 valence electrons. The molecule has 0 radical (unpaired) electrons. The average molecular weight is 627 g/mol. The van der Waals surface area contributed by atoms with Crippen LogP contribution in [0.4, 0.5) is 0 Å². The summed E-state index contributed by atoms with van der Waals surface area (Å²) in [6.45, 7) is -1.67. The molecule has 11 N–H and O–H groups in total. The summed E-state index contributed by atoms with van der Waals surface area (Å²) in [4.78, 5) is 13.3. The number of hydrogen-bond donors (Lipinski definition) is 11. The van der Waals surface area contributed by atoms with Crippen molar-refractivity contribution in [3.63, 3.8) is 0 Å². The highest BCUT2D eigenvalue weighted by Gasteiger charge is 2.47. The zero-order valence-corrected chi connectivity index (χ0v) is 22.4. The monoisotopic (exact) mass is 626 g/mol. The predicted molar refractivity (Wildman–Crippen MR) is 142 cm³/mol. The van der Waals surface area contributed by atoms with Crippen LogP contribution in [-0.2, 0) is 9.47 Å². The molecular weight excluding hydrogens is 596 g/mol. The first-order valence-corrected chi connectivity index (χ1v) is 13.2. The summed E-state index contributed by atoms with van der Waals surface area (Å²) in [6.07, 6.45) is -18.2. The summed E-state index contributed by atoms with van der Waals surface area (Å²) >= 11 is 0. The molecule has 0 spiro atoms. The molecule has 10 unspecified atom stereocenters. The maximum absolute atomic E-state index is 13.3. The molecule has 0 saturated carbocycles. The Morgan fingerprint density at radius 3 is 1.66 bits per heavy atom. The van der Waals surface area contributed by atoms with Gasteiger partial charge in [0, 0.05) is 11.6 Å². The Balaban J connectivity index is 1.67. The Bertz CT molecular complexity index is 1540. The lowest BCUT2D eigenvalue weighted by molar-refractivity contribution is -0.279. The lowest BCUT2D eigenvalue weighted by Gasteiger charge is -2.40. The van der Waals surface area contributed by atoms with Gasteiger partial charge in [-0.1, -0.05) is 0 Å². The van der Waals surface area contributed by atoms with Gasteiger partial charge in [0.25, 0.3) is 0 Å². The molecule has 0 aliphatic carbocycles. The molecule has 2 aliphatic rings. The number of aromatic hydroxyl groups is 3. The van der Waals surface area contributed by atoms with Gasteiger partial charge >= 0.3 is 0 Å². The average Bonchev–Trinajstić information content (AvgIpc) is 3.01. The molecular formula is C27H30O17. The molecule has 2 aliphatic heterocycles. The van der Waals surface area contributed by atoms with Crippen LogP contribution in [0.2, 0.25) is 0 Å². The smallest absolute Gasteiger partial charge is 0.229 e. The quantitative estimate of drug-likeness (QED) is 0.124. The van der Waals surface area contributed by atoms with E-state index in [1.54, 1.807) is 0 Å². The second-order valence-electron chi connectivity index (χ2n) is 10.2. The standard InChI is InChI=1S/C27H30O17/c28-6-12-15(32)18(35)20(37)26(41-12)43-24-17(34)14-10(31)5-11(8-1-3-9(30)4-2-8)40-23(14)25(22(24)39)44-27-21(38)19(36)16(33)13(7-29)42-27/h1-5,12-13,15-16,18-21,26-30,32-39H,6-7H2. The fourth-order valence-corrected chi connectivity index (χ4v) is 4.86. The number of ether oxygens (including phenoxy) is 4. The first kappa shape index (κ1) is 31.7. The van der Waals surface area contributed by atoms with E-state index < -0.39 is 114 Å². The van der Waals surface area contributed by atoms with Crippen LogP contribution in [0.15, 0.2) is 39.5 Å². The molecule has 2 fully saturated rings. The number of phenols is 3. The van der Waals surface area contributed by atoms with E-state index in [2.05, 4.69) is 0 Å². The van der Waals surface area contributed by atoms with E-state index in [0.29, 0.717) is 0 Å². The number of hydrogen-bond acceptors (Lipinski definition) is 17. The van der Waals surface area contributed by atoms with Gasteiger partial charge in [0.2, 0.25) is 29.8 Å². The van der Waals surface area contributed by atoms with Crippen molar-refractivity contribution in [3.05, 3.63) is 40.6 Å². The summed E-state index contributed by atoms with van der Waals surface area (Å²) in [6, 6.07) is 6.29. The van der Waals surface area contributed by atoms with Crippen molar-refractivity contribution in [1.82, 2.24) is 0 Å². The third-order valence-corrected chi connectivity index (χ3v) is 7.35. The topological polar surface area (TPSA) is 290 Å². The molecule has 10 atom stereocenters. The van der Waals surface area contributed by atoms with E-state index in [0.717, 1.165) is 6.07 Å². The SMILES string of the molecule is O=c1cc(-c2ccc(O)cc2)oc2c(OC3OC(CO)C(O)C(O)C3O)c(O)c(OC3OC(CO)C(O)C(O)C3O)c(O)c12. The number of fused-ring (bicyclic) bond motifs is 1. The van der Waals surface area contributed by atoms with E-state index in [1.807, 2.05) is 0 Å². The van der Waals surface area contributed by atoms with E-state index in [1.165, 1.54) is 24.3 Å². The number of aliphatic hydroxyl groups excluding tert-OH is 8. The Labute approximate surface area is 246 Å². The Hall–Kier alpha value is -3.75. The van der Waals surface area contributed by atoms with Crippen LogP contribution in [0, 0.1) is 0 Å². The molecule has 5 rings (SSSR count).